The van der Waals surface area contributed by atoms with Gasteiger partial charge >= 0.3 is 0 Å². The van der Waals surface area contributed by atoms with E-state index in [2.05, 4.69) is 4.98 Å². The summed E-state index contributed by atoms with van der Waals surface area (Å²) in [6.45, 7) is 3.99. The fraction of sp³-hybridized carbons (Fsp3) is 0.267. The molecule has 1 aromatic carbocycles. The molecule has 0 bridgehead atoms. The second kappa shape index (κ2) is 5.77. The van der Waals surface area contributed by atoms with Crippen LogP contribution in [-0.4, -0.2) is 12.1 Å². The first-order valence-electron chi connectivity index (χ1n) is 6.19. The van der Waals surface area contributed by atoms with Crippen LogP contribution in [0.1, 0.15) is 16.8 Å². The van der Waals surface area contributed by atoms with E-state index in [4.69, 9.17) is 15.2 Å². The van der Waals surface area contributed by atoms with Gasteiger partial charge in [-0.25, -0.2) is 4.39 Å². The Bertz CT molecular complexity index is 630. The predicted octanol–water partition coefficient (Wildman–Crippen LogP) is 3.01. The quantitative estimate of drug-likeness (QED) is 0.872. The molecular formula is C15H17FN2O2. The third kappa shape index (κ3) is 2.82. The number of nitrogens with zero attached hydrogens (tertiary/aromatic N) is 1. The molecule has 0 unspecified atom stereocenters. The largest absolute Gasteiger partial charge is 0.496 e. The second-order valence-electron chi connectivity index (χ2n) is 4.52. The van der Waals surface area contributed by atoms with Crippen molar-refractivity contribution in [1.29, 1.82) is 0 Å². The molecule has 0 fully saturated rings. The number of halogens is 1. The van der Waals surface area contributed by atoms with Gasteiger partial charge in [0.05, 0.1) is 12.8 Å². The lowest BCUT2D eigenvalue weighted by molar-refractivity contribution is 0.284. The molecule has 0 saturated carbocycles. The van der Waals surface area contributed by atoms with Gasteiger partial charge in [-0.2, -0.15) is 0 Å². The zero-order chi connectivity index (χ0) is 14.7. The molecule has 106 valence electrons. The summed E-state index contributed by atoms with van der Waals surface area (Å²) in [5, 5.41) is 0. The molecule has 1 aromatic heterocycles. The molecule has 2 aromatic rings. The number of benzene rings is 1. The topological polar surface area (TPSA) is 57.4 Å². The van der Waals surface area contributed by atoms with E-state index < -0.39 is 5.82 Å². The molecule has 0 aliphatic heterocycles. The Kier molecular flexibility index (Phi) is 4.08. The summed E-state index contributed by atoms with van der Waals surface area (Å²) in [6, 6.07) is 4.32. The van der Waals surface area contributed by atoms with Gasteiger partial charge in [-0.3, -0.25) is 4.98 Å². The second-order valence-corrected chi connectivity index (χ2v) is 4.52. The lowest BCUT2D eigenvalue weighted by Gasteiger charge is -2.13. The molecule has 2 rings (SSSR count). The molecule has 0 amide bonds. The number of pyridine rings is 1. The third-order valence-electron chi connectivity index (χ3n) is 3.07. The number of methoxy groups -OCH3 is 1. The first-order valence-corrected chi connectivity index (χ1v) is 6.19. The third-order valence-corrected chi connectivity index (χ3v) is 3.07. The van der Waals surface area contributed by atoms with E-state index in [0.29, 0.717) is 11.4 Å². The zero-order valence-electron chi connectivity index (χ0n) is 11.7. The van der Waals surface area contributed by atoms with Gasteiger partial charge in [-0.1, -0.05) is 0 Å². The van der Waals surface area contributed by atoms with Crippen molar-refractivity contribution in [2.75, 3.05) is 12.8 Å². The Balaban J connectivity index is 2.19. The fourth-order valence-electron chi connectivity index (χ4n) is 2.00. The molecular weight excluding hydrogens is 259 g/mol. The van der Waals surface area contributed by atoms with Gasteiger partial charge in [0.1, 0.15) is 12.4 Å². The van der Waals surface area contributed by atoms with Crippen molar-refractivity contribution in [1.82, 2.24) is 4.98 Å². The number of ether oxygens (including phenoxy) is 2. The maximum Gasteiger partial charge on any atom is 0.167 e. The lowest BCUT2D eigenvalue weighted by atomic mass is 10.1. The molecule has 20 heavy (non-hydrogen) atoms. The molecule has 1 heterocycles. The zero-order valence-corrected chi connectivity index (χ0v) is 11.7. The number of aryl methyl sites for hydroxylation is 1. The highest BCUT2D eigenvalue weighted by atomic mass is 19.1. The Morgan fingerprint density at radius 1 is 1.30 bits per heavy atom. The van der Waals surface area contributed by atoms with Crippen molar-refractivity contribution in [2.24, 2.45) is 0 Å². The van der Waals surface area contributed by atoms with E-state index in [1.807, 2.05) is 13.8 Å². The Morgan fingerprint density at radius 2 is 2.05 bits per heavy atom. The fourth-order valence-corrected chi connectivity index (χ4v) is 2.00. The molecule has 0 aliphatic rings. The highest BCUT2D eigenvalue weighted by Crippen LogP contribution is 2.26. The molecule has 0 spiro atoms. The monoisotopic (exact) mass is 276 g/mol. The maximum atomic E-state index is 13.6. The van der Waals surface area contributed by atoms with Gasteiger partial charge < -0.3 is 15.2 Å². The summed E-state index contributed by atoms with van der Waals surface area (Å²) in [5.41, 5.74) is 8.41. The minimum atomic E-state index is -0.485. The maximum absolute atomic E-state index is 13.6. The molecule has 2 N–H and O–H groups in total. The van der Waals surface area contributed by atoms with Gasteiger partial charge in [0.15, 0.2) is 11.6 Å². The Hall–Kier alpha value is -2.30. The number of hydrogen-bond donors (Lipinski definition) is 1. The number of rotatable bonds is 4. The Labute approximate surface area is 117 Å². The first kappa shape index (κ1) is 14.1. The van der Waals surface area contributed by atoms with Crippen LogP contribution in [0.5, 0.6) is 11.5 Å². The van der Waals surface area contributed by atoms with Crippen molar-refractivity contribution in [3.63, 3.8) is 0 Å². The average molecular weight is 276 g/mol. The average Bonchev–Trinajstić information content (AvgIpc) is 2.40. The number of aromatic nitrogens is 1. The van der Waals surface area contributed by atoms with Crippen LogP contribution in [-0.2, 0) is 6.61 Å². The van der Waals surface area contributed by atoms with Crippen LogP contribution in [0.25, 0.3) is 0 Å². The molecule has 4 nitrogen and oxygen atoms in total. The summed E-state index contributed by atoms with van der Waals surface area (Å²) in [6.07, 6.45) is 1.71. The van der Waals surface area contributed by atoms with Crippen molar-refractivity contribution < 1.29 is 13.9 Å². The predicted molar refractivity (Wildman–Crippen MR) is 75.4 cm³/mol. The summed E-state index contributed by atoms with van der Waals surface area (Å²) in [5.74, 6) is 0.443. The highest BCUT2D eigenvalue weighted by Gasteiger charge is 2.11. The summed E-state index contributed by atoms with van der Waals surface area (Å²) < 4.78 is 24.4. The van der Waals surface area contributed by atoms with E-state index >= 15 is 0 Å². The van der Waals surface area contributed by atoms with Gasteiger partial charge in [0.2, 0.25) is 0 Å². The van der Waals surface area contributed by atoms with E-state index in [-0.39, 0.29) is 12.4 Å². The standard InChI is InChI=1S/C15H17FN2O2/c1-9-7-18-13(10(2)15(9)19-3)8-20-14-5-4-11(17)6-12(14)16/h4-7H,8,17H2,1-3H3. The minimum Gasteiger partial charge on any atom is -0.496 e. The van der Waals surface area contributed by atoms with Gasteiger partial charge in [0, 0.05) is 29.1 Å². The van der Waals surface area contributed by atoms with Crippen LogP contribution >= 0.6 is 0 Å². The van der Waals surface area contributed by atoms with Crippen LogP contribution in [0.4, 0.5) is 10.1 Å². The van der Waals surface area contributed by atoms with E-state index in [9.17, 15) is 4.39 Å². The molecule has 0 saturated heterocycles. The number of nitrogen functional groups attached to an aromatic ring is 1. The normalized spacial score (nSPS) is 10.4. The van der Waals surface area contributed by atoms with Crippen molar-refractivity contribution >= 4 is 5.69 Å². The molecule has 5 heteroatoms. The Morgan fingerprint density at radius 3 is 2.70 bits per heavy atom. The lowest BCUT2D eigenvalue weighted by Crippen LogP contribution is -2.05. The SMILES string of the molecule is COc1c(C)cnc(COc2ccc(N)cc2F)c1C. The van der Waals surface area contributed by atoms with Crippen LogP contribution in [0.3, 0.4) is 0 Å². The van der Waals surface area contributed by atoms with Gasteiger partial charge in [-0.15, -0.1) is 0 Å². The van der Waals surface area contributed by atoms with Crippen LogP contribution in [0.15, 0.2) is 24.4 Å². The van der Waals surface area contributed by atoms with Crippen LogP contribution < -0.4 is 15.2 Å². The van der Waals surface area contributed by atoms with Crippen molar-refractivity contribution in [3.05, 3.63) is 47.0 Å². The molecule has 0 atom stereocenters. The van der Waals surface area contributed by atoms with Crippen molar-refractivity contribution in [2.45, 2.75) is 20.5 Å². The highest BCUT2D eigenvalue weighted by molar-refractivity contribution is 5.43. The van der Waals surface area contributed by atoms with Crippen LogP contribution in [0, 0.1) is 19.7 Å². The van der Waals surface area contributed by atoms with Gasteiger partial charge in [-0.05, 0) is 26.0 Å². The van der Waals surface area contributed by atoms with E-state index in [0.717, 1.165) is 16.9 Å². The number of nitrogens with two attached hydrogens (primary N) is 1. The van der Waals surface area contributed by atoms with Gasteiger partial charge in [0.25, 0.3) is 0 Å². The van der Waals surface area contributed by atoms with E-state index in [1.54, 1.807) is 19.4 Å². The smallest absolute Gasteiger partial charge is 0.167 e. The minimum absolute atomic E-state index is 0.153. The number of hydrogen-bond acceptors (Lipinski definition) is 4. The first-order chi connectivity index (χ1) is 9.52. The van der Waals surface area contributed by atoms with Crippen molar-refractivity contribution in [3.8, 4) is 11.5 Å². The summed E-state index contributed by atoms with van der Waals surface area (Å²) in [4.78, 5) is 4.30. The van der Waals surface area contributed by atoms with Crippen LogP contribution in [0.2, 0.25) is 0 Å². The summed E-state index contributed by atoms with van der Waals surface area (Å²) in [7, 11) is 1.61. The summed E-state index contributed by atoms with van der Waals surface area (Å²) >= 11 is 0. The van der Waals surface area contributed by atoms with E-state index in [1.165, 1.54) is 12.1 Å². The number of anilines is 1. The molecule has 0 radical (unpaired) electrons. The molecule has 0 aliphatic carbocycles.